The summed E-state index contributed by atoms with van der Waals surface area (Å²) in [6.45, 7) is 4.52. The number of nitrogens with one attached hydrogen (secondary N) is 1. The molecule has 8 heteroatoms. The summed E-state index contributed by atoms with van der Waals surface area (Å²) in [6, 6.07) is 8.80. The van der Waals surface area contributed by atoms with Crippen LogP contribution < -0.4 is 10.1 Å². The fraction of sp³-hybridized carbons (Fsp3) is 0.609. The zero-order valence-corrected chi connectivity index (χ0v) is 18.5. The lowest BCUT2D eigenvalue weighted by Gasteiger charge is -2.37. The van der Waals surface area contributed by atoms with Crippen molar-refractivity contribution < 1.29 is 23.9 Å². The van der Waals surface area contributed by atoms with Gasteiger partial charge in [0.15, 0.2) is 6.61 Å². The fourth-order valence-electron chi connectivity index (χ4n) is 4.51. The van der Waals surface area contributed by atoms with Gasteiger partial charge in [-0.05, 0) is 44.7 Å². The first-order valence-electron chi connectivity index (χ1n) is 11.0. The topological polar surface area (TPSA) is 88.2 Å². The number of hydrogen-bond acceptors (Lipinski definition) is 5. The first-order valence-corrected chi connectivity index (χ1v) is 11.0. The molecule has 3 amide bonds. The number of hydrogen-bond donors (Lipinski definition) is 1. The van der Waals surface area contributed by atoms with Gasteiger partial charge in [0.2, 0.25) is 11.8 Å². The normalized spacial score (nSPS) is 20.2. The molecular weight excluding hydrogens is 398 g/mol. The van der Waals surface area contributed by atoms with Crippen molar-refractivity contribution in [3.63, 3.8) is 0 Å². The van der Waals surface area contributed by atoms with Gasteiger partial charge in [-0.3, -0.25) is 14.4 Å². The molecule has 1 aromatic rings. The molecular formula is C23H33N3O5. The summed E-state index contributed by atoms with van der Waals surface area (Å²) in [5, 5.41) is 2.93. The van der Waals surface area contributed by atoms with Gasteiger partial charge in [0.1, 0.15) is 11.8 Å². The van der Waals surface area contributed by atoms with E-state index in [0.29, 0.717) is 57.8 Å². The molecule has 1 aromatic carbocycles. The summed E-state index contributed by atoms with van der Waals surface area (Å²) in [5.41, 5.74) is -0.554. The van der Waals surface area contributed by atoms with E-state index in [4.69, 9.17) is 9.47 Å². The number of piperidine rings is 1. The molecule has 31 heavy (non-hydrogen) atoms. The average molecular weight is 432 g/mol. The standard InChI is InChI=1S/C23H33N3O5/c1-3-26-19(21(28)24-12-7-15-30-2)16-23(22(26)29)10-13-25(14-11-23)20(27)17-31-18-8-5-4-6-9-18/h4-6,8-9,19H,3,7,10-17H2,1-2H3,(H,24,28). The maximum absolute atomic E-state index is 13.2. The molecule has 2 aliphatic heterocycles. The number of likely N-dealkylation sites (N-methyl/N-ethyl adjacent to an activating group) is 1. The van der Waals surface area contributed by atoms with E-state index >= 15 is 0 Å². The molecule has 0 bridgehead atoms. The lowest BCUT2D eigenvalue weighted by Crippen LogP contribution is -2.48. The third kappa shape index (κ3) is 5.36. The van der Waals surface area contributed by atoms with E-state index in [2.05, 4.69) is 5.32 Å². The maximum atomic E-state index is 13.2. The van der Waals surface area contributed by atoms with Crippen LogP contribution in [0.5, 0.6) is 5.75 Å². The molecule has 8 nitrogen and oxygen atoms in total. The predicted octanol–water partition coefficient (Wildman–Crippen LogP) is 1.45. The number of rotatable bonds is 9. The molecule has 170 valence electrons. The Hall–Kier alpha value is -2.61. The van der Waals surface area contributed by atoms with Gasteiger partial charge < -0.3 is 24.6 Å². The molecule has 1 spiro atoms. The van der Waals surface area contributed by atoms with Crippen molar-refractivity contribution in [3.05, 3.63) is 30.3 Å². The van der Waals surface area contributed by atoms with Crippen LogP contribution in [0, 0.1) is 5.41 Å². The molecule has 2 heterocycles. The Bertz CT molecular complexity index is 762. The number of methoxy groups -OCH3 is 1. The van der Waals surface area contributed by atoms with Gasteiger partial charge in [-0.25, -0.2) is 0 Å². The number of amides is 3. The van der Waals surface area contributed by atoms with Gasteiger partial charge in [-0.15, -0.1) is 0 Å². The van der Waals surface area contributed by atoms with Crippen LogP contribution in [0.3, 0.4) is 0 Å². The summed E-state index contributed by atoms with van der Waals surface area (Å²) in [5.74, 6) is 0.523. The second-order valence-corrected chi connectivity index (χ2v) is 8.21. The molecule has 0 aliphatic carbocycles. The van der Waals surface area contributed by atoms with E-state index in [1.54, 1.807) is 16.9 Å². The van der Waals surface area contributed by atoms with Crippen molar-refractivity contribution >= 4 is 17.7 Å². The van der Waals surface area contributed by atoms with Gasteiger partial charge in [0, 0.05) is 39.9 Å². The van der Waals surface area contributed by atoms with Crippen LogP contribution in [0.2, 0.25) is 0 Å². The fourth-order valence-corrected chi connectivity index (χ4v) is 4.51. The van der Waals surface area contributed by atoms with Gasteiger partial charge >= 0.3 is 0 Å². The monoisotopic (exact) mass is 431 g/mol. The lowest BCUT2D eigenvalue weighted by molar-refractivity contribution is -0.144. The highest BCUT2D eigenvalue weighted by Crippen LogP contribution is 2.44. The van der Waals surface area contributed by atoms with Crippen LogP contribution in [0.25, 0.3) is 0 Å². The number of para-hydroxylation sites is 1. The highest BCUT2D eigenvalue weighted by Gasteiger charge is 2.54. The van der Waals surface area contributed by atoms with Gasteiger partial charge in [0.25, 0.3) is 5.91 Å². The molecule has 1 atom stereocenters. The highest BCUT2D eigenvalue weighted by molar-refractivity contribution is 5.94. The minimum absolute atomic E-state index is 0.0153. The van der Waals surface area contributed by atoms with E-state index in [1.165, 1.54) is 0 Å². The largest absolute Gasteiger partial charge is 0.484 e. The van der Waals surface area contributed by atoms with E-state index in [-0.39, 0.29) is 24.3 Å². The van der Waals surface area contributed by atoms with E-state index in [9.17, 15) is 14.4 Å². The molecule has 1 N–H and O–H groups in total. The first-order chi connectivity index (χ1) is 15.0. The van der Waals surface area contributed by atoms with Gasteiger partial charge in [-0.1, -0.05) is 18.2 Å². The summed E-state index contributed by atoms with van der Waals surface area (Å²) in [4.78, 5) is 41.9. The summed E-state index contributed by atoms with van der Waals surface area (Å²) >= 11 is 0. The molecule has 2 fully saturated rings. The molecule has 1 unspecified atom stereocenters. The zero-order chi connectivity index (χ0) is 22.3. The van der Waals surface area contributed by atoms with Crippen LogP contribution in [0.15, 0.2) is 30.3 Å². The van der Waals surface area contributed by atoms with Crippen LogP contribution in [0.4, 0.5) is 0 Å². The average Bonchev–Trinajstić information content (AvgIpc) is 3.07. The molecule has 0 saturated carbocycles. The Labute approximate surface area is 183 Å². The van der Waals surface area contributed by atoms with Crippen LogP contribution in [-0.4, -0.2) is 80.1 Å². The van der Waals surface area contributed by atoms with Crippen molar-refractivity contribution in [1.82, 2.24) is 15.1 Å². The number of likely N-dealkylation sites (tertiary alicyclic amines) is 2. The number of nitrogens with zero attached hydrogens (tertiary/aromatic N) is 2. The predicted molar refractivity (Wildman–Crippen MR) is 115 cm³/mol. The number of ether oxygens (including phenoxy) is 2. The van der Waals surface area contributed by atoms with E-state index < -0.39 is 11.5 Å². The van der Waals surface area contributed by atoms with Gasteiger partial charge in [-0.2, -0.15) is 0 Å². The van der Waals surface area contributed by atoms with Crippen LogP contribution >= 0.6 is 0 Å². The van der Waals surface area contributed by atoms with Crippen LogP contribution in [0.1, 0.15) is 32.6 Å². The Morgan fingerprint density at radius 2 is 1.90 bits per heavy atom. The summed E-state index contributed by atoms with van der Waals surface area (Å²) < 4.78 is 10.6. The van der Waals surface area contributed by atoms with Crippen molar-refractivity contribution in [3.8, 4) is 5.75 Å². The first kappa shape index (κ1) is 23.1. The van der Waals surface area contributed by atoms with Crippen molar-refractivity contribution in [2.75, 3.05) is 46.5 Å². The number of carbonyl (C=O) groups is 3. The molecule has 2 aliphatic rings. The number of carbonyl (C=O) groups excluding carboxylic acids is 3. The Kier molecular flexibility index (Phi) is 7.90. The number of benzene rings is 1. The van der Waals surface area contributed by atoms with Crippen molar-refractivity contribution in [2.45, 2.75) is 38.6 Å². The Balaban J connectivity index is 1.54. The summed E-state index contributed by atoms with van der Waals surface area (Å²) in [7, 11) is 1.63. The lowest BCUT2D eigenvalue weighted by atomic mass is 9.76. The zero-order valence-electron chi connectivity index (χ0n) is 18.5. The highest BCUT2D eigenvalue weighted by atomic mass is 16.5. The van der Waals surface area contributed by atoms with Crippen molar-refractivity contribution in [2.24, 2.45) is 5.41 Å². The second-order valence-electron chi connectivity index (χ2n) is 8.21. The quantitative estimate of drug-likeness (QED) is 0.598. The minimum atomic E-state index is -0.554. The third-order valence-corrected chi connectivity index (χ3v) is 6.32. The maximum Gasteiger partial charge on any atom is 0.260 e. The Morgan fingerprint density at radius 3 is 2.55 bits per heavy atom. The smallest absolute Gasteiger partial charge is 0.260 e. The SMILES string of the molecule is CCN1C(=O)C2(CCN(C(=O)COc3ccccc3)CC2)CC1C(=O)NCCCOC. The second kappa shape index (κ2) is 10.6. The van der Waals surface area contributed by atoms with E-state index in [0.717, 1.165) is 6.42 Å². The molecule has 0 aromatic heterocycles. The molecule has 0 radical (unpaired) electrons. The van der Waals surface area contributed by atoms with E-state index in [1.807, 2.05) is 37.3 Å². The molecule has 2 saturated heterocycles. The third-order valence-electron chi connectivity index (χ3n) is 6.32. The Morgan fingerprint density at radius 1 is 1.19 bits per heavy atom. The van der Waals surface area contributed by atoms with Gasteiger partial charge in [0.05, 0.1) is 5.41 Å². The summed E-state index contributed by atoms with van der Waals surface area (Å²) in [6.07, 6.45) is 2.40. The minimum Gasteiger partial charge on any atom is -0.484 e. The van der Waals surface area contributed by atoms with Crippen molar-refractivity contribution in [1.29, 1.82) is 0 Å². The molecule has 3 rings (SSSR count). The van der Waals surface area contributed by atoms with Crippen LogP contribution in [-0.2, 0) is 19.1 Å².